The molecule has 1 aromatic heterocycles. The van der Waals surface area contributed by atoms with Gasteiger partial charge < -0.3 is 11.1 Å². The average Bonchev–Trinajstić information content (AvgIpc) is 2.50. The fraction of sp³-hybridized carbons (Fsp3) is 0.250. The molecular weight excluding hydrogens is 286 g/mol. The predicted molar refractivity (Wildman–Crippen MR) is 84.7 cm³/mol. The van der Waals surface area contributed by atoms with Crippen molar-refractivity contribution >= 4 is 29.0 Å². The Kier molecular flexibility index (Phi) is 3.80. The largest absolute Gasteiger partial charge is 0.382 e. The van der Waals surface area contributed by atoms with Crippen molar-refractivity contribution in [2.75, 3.05) is 11.1 Å². The SMILES string of the molecule is Nc1ncc(C(=O)Nc2cccc3c2CCCC3)cc1Cl. The van der Waals surface area contributed by atoms with Crippen molar-refractivity contribution in [2.24, 2.45) is 0 Å². The molecule has 1 aliphatic carbocycles. The Bertz CT molecular complexity index is 700. The fourth-order valence-corrected chi connectivity index (χ4v) is 2.83. The number of carbonyl (C=O) groups is 1. The van der Waals surface area contributed by atoms with Gasteiger partial charge in [0.25, 0.3) is 5.91 Å². The summed E-state index contributed by atoms with van der Waals surface area (Å²) in [7, 11) is 0. The molecule has 0 atom stereocenters. The molecule has 0 unspecified atom stereocenters. The number of nitrogen functional groups attached to an aromatic ring is 1. The number of nitrogens with one attached hydrogen (secondary N) is 1. The van der Waals surface area contributed by atoms with Crippen LogP contribution in [0.3, 0.4) is 0 Å². The van der Waals surface area contributed by atoms with E-state index in [-0.39, 0.29) is 16.7 Å². The summed E-state index contributed by atoms with van der Waals surface area (Å²) < 4.78 is 0. The van der Waals surface area contributed by atoms with Crippen LogP contribution in [0.1, 0.15) is 34.3 Å². The summed E-state index contributed by atoms with van der Waals surface area (Å²) >= 11 is 5.91. The smallest absolute Gasteiger partial charge is 0.257 e. The number of benzene rings is 1. The van der Waals surface area contributed by atoms with Crippen molar-refractivity contribution in [1.82, 2.24) is 4.98 Å². The molecule has 1 aliphatic rings. The maximum absolute atomic E-state index is 12.3. The van der Waals surface area contributed by atoms with Crippen LogP contribution in [-0.2, 0) is 12.8 Å². The first-order valence-corrected chi connectivity index (χ1v) is 7.36. The van der Waals surface area contributed by atoms with E-state index in [0.717, 1.165) is 24.9 Å². The molecule has 3 N–H and O–H groups in total. The fourth-order valence-electron chi connectivity index (χ4n) is 2.67. The zero-order valence-corrected chi connectivity index (χ0v) is 12.3. The van der Waals surface area contributed by atoms with Gasteiger partial charge in [-0.2, -0.15) is 0 Å². The summed E-state index contributed by atoms with van der Waals surface area (Å²) in [4.78, 5) is 16.2. The lowest BCUT2D eigenvalue weighted by atomic mass is 9.90. The molecule has 1 amide bonds. The highest BCUT2D eigenvalue weighted by molar-refractivity contribution is 6.33. The summed E-state index contributed by atoms with van der Waals surface area (Å²) in [6, 6.07) is 7.59. The van der Waals surface area contributed by atoms with Gasteiger partial charge in [-0.3, -0.25) is 4.79 Å². The summed E-state index contributed by atoms with van der Waals surface area (Å²) in [6.45, 7) is 0. The molecular formula is C16H16ClN3O. The normalized spacial score (nSPS) is 13.6. The van der Waals surface area contributed by atoms with E-state index >= 15 is 0 Å². The number of hydrogen-bond donors (Lipinski definition) is 2. The first-order chi connectivity index (χ1) is 10.1. The van der Waals surface area contributed by atoms with Crippen LogP contribution >= 0.6 is 11.6 Å². The Balaban J connectivity index is 1.86. The highest BCUT2D eigenvalue weighted by atomic mass is 35.5. The Morgan fingerprint density at radius 2 is 2.10 bits per heavy atom. The molecule has 0 spiro atoms. The van der Waals surface area contributed by atoms with Gasteiger partial charge in [-0.05, 0) is 48.9 Å². The maximum atomic E-state index is 12.3. The number of rotatable bonds is 2. The molecule has 1 heterocycles. The van der Waals surface area contributed by atoms with Gasteiger partial charge in [0.1, 0.15) is 5.82 Å². The Hall–Kier alpha value is -2.07. The highest BCUT2D eigenvalue weighted by Gasteiger charge is 2.15. The molecule has 4 nitrogen and oxygen atoms in total. The lowest BCUT2D eigenvalue weighted by Gasteiger charge is -2.19. The number of halogens is 1. The number of aryl methyl sites for hydroxylation is 1. The number of anilines is 2. The third-order valence-corrected chi connectivity index (χ3v) is 4.08. The summed E-state index contributed by atoms with van der Waals surface area (Å²) in [5.41, 5.74) is 9.41. The van der Waals surface area contributed by atoms with E-state index in [1.54, 1.807) is 0 Å². The number of fused-ring (bicyclic) bond motifs is 1. The second-order valence-corrected chi connectivity index (χ2v) is 5.60. The number of pyridine rings is 1. The average molecular weight is 302 g/mol. The second kappa shape index (κ2) is 5.74. The molecule has 0 fully saturated rings. The van der Waals surface area contributed by atoms with Crippen LogP contribution in [0.2, 0.25) is 5.02 Å². The monoisotopic (exact) mass is 301 g/mol. The predicted octanol–water partition coefficient (Wildman–Crippen LogP) is 3.45. The van der Waals surface area contributed by atoms with Crippen LogP contribution < -0.4 is 11.1 Å². The zero-order valence-electron chi connectivity index (χ0n) is 11.5. The van der Waals surface area contributed by atoms with Gasteiger partial charge >= 0.3 is 0 Å². The van der Waals surface area contributed by atoms with Gasteiger partial charge in [0.05, 0.1) is 10.6 Å². The van der Waals surface area contributed by atoms with Gasteiger partial charge in [0.15, 0.2) is 0 Å². The number of carbonyl (C=O) groups excluding carboxylic acids is 1. The first-order valence-electron chi connectivity index (χ1n) is 6.98. The van der Waals surface area contributed by atoms with Crippen molar-refractivity contribution in [2.45, 2.75) is 25.7 Å². The summed E-state index contributed by atoms with van der Waals surface area (Å²) in [5.74, 6) is 0.00804. The lowest BCUT2D eigenvalue weighted by molar-refractivity contribution is 0.102. The second-order valence-electron chi connectivity index (χ2n) is 5.20. The molecule has 0 aliphatic heterocycles. The quantitative estimate of drug-likeness (QED) is 0.892. The topological polar surface area (TPSA) is 68.0 Å². The molecule has 108 valence electrons. The van der Waals surface area contributed by atoms with Crippen LogP contribution in [-0.4, -0.2) is 10.9 Å². The van der Waals surface area contributed by atoms with E-state index in [4.69, 9.17) is 17.3 Å². The van der Waals surface area contributed by atoms with Gasteiger partial charge in [0, 0.05) is 11.9 Å². The van der Waals surface area contributed by atoms with Gasteiger partial charge in [-0.1, -0.05) is 23.7 Å². The molecule has 2 aromatic rings. The third-order valence-electron chi connectivity index (χ3n) is 3.78. The van der Waals surface area contributed by atoms with Crippen molar-refractivity contribution in [3.63, 3.8) is 0 Å². The van der Waals surface area contributed by atoms with Crippen LogP contribution in [0.25, 0.3) is 0 Å². The lowest BCUT2D eigenvalue weighted by Crippen LogP contribution is -2.16. The standard InChI is InChI=1S/C16H16ClN3O/c17-13-8-11(9-19-15(13)18)16(21)20-14-7-3-5-10-4-1-2-6-12(10)14/h3,5,7-9H,1-2,4,6H2,(H2,18,19)(H,20,21). The minimum atomic E-state index is -0.219. The minimum Gasteiger partial charge on any atom is -0.382 e. The first kappa shape index (κ1) is 13.9. The minimum absolute atomic E-state index is 0.219. The molecule has 0 saturated heterocycles. The summed E-state index contributed by atoms with van der Waals surface area (Å²) in [6.07, 6.45) is 5.89. The number of aromatic nitrogens is 1. The molecule has 0 radical (unpaired) electrons. The van der Waals surface area contributed by atoms with E-state index in [2.05, 4.69) is 16.4 Å². The van der Waals surface area contributed by atoms with E-state index in [1.807, 2.05) is 12.1 Å². The third kappa shape index (κ3) is 2.85. The molecule has 1 aromatic carbocycles. The van der Waals surface area contributed by atoms with Crippen molar-refractivity contribution in [1.29, 1.82) is 0 Å². The summed E-state index contributed by atoms with van der Waals surface area (Å²) in [5, 5.41) is 3.24. The molecule has 0 bridgehead atoms. The van der Waals surface area contributed by atoms with E-state index in [0.29, 0.717) is 5.56 Å². The van der Waals surface area contributed by atoms with E-state index < -0.39 is 0 Å². The van der Waals surface area contributed by atoms with Gasteiger partial charge in [0.2, 0.25) is 0 Å². The molecule has 5 heteroatoms. The Morgan fingerprint density at radius 1 is 1.29 bits per heavy atom. The van der Waals surface area contributed by atoms with Crippen LogP contribution in [0.15, 0.2) is 30.5 Å². The zero-order chi connectivity index (χ0) is 14.8. The number of nitrogens with two attached hydrogens (primary N) is 1. The Morgan fingerprint density at radius 3 is 2.90 bits per heavy atom. The van der Waals surface area contributed by atoms with Crippen molar-refractivity contribution < 1.29 is 4.79 Å². The highest BCUT2D eigenvalue weighted by Crippen LogP contribution is 2.28. The van der Waals surface area contributed by atoms with E-state index in [1.165, 1.54) is 29.8 Å². The van der Waals surface area contributed by atoms with Crippen LogP contribution in [0.5, 0.6) is 0 Å². The van der Waals surface area contributed by atoms with E-state index in [9.17, 15) is 4.79 Å². The maximum Gasteiger partial charge on any atom is 0.257 e. The molecule has 0 saturated carbocycles. The van der Waals surface area contributed by atoms with Gasteiger partial charge in [-0.25, -0.2) is 4.98 Å². The van der Waals surface area contributed by atoms with Crippen LogP contribution in [0, 0.1) is 0 Å². The number of nitrogens with zero attached hydrogens (tertiary/aromatic N) is 1. The van der Waals surface area contributed by atoms with Gasteiger partial charge in [-0.15, -0.1) is 0 Å². The molecule has 3 rings (SSSR count). The Labute approximate surface area is 128 Å². The number of amides is 1. The number of hydrogen-bond acceptors (Lipinski definition) is 3. The van der Waals surface area contributed by atoms with Crippen molar-refractivity contribution in [3.8, 4) is 0 Å². The van der Waals surface area contributed by atoms with Crippen LogP contribution in [0.4, 0.5) is 11.5 Å². The molecule has 21 heavy (non-hydrogen) atoms. The van der Waals surface area contributed by atoms with Crippen molar-refractivity contribution in [3.05, 3.63) is 52.2 Å².